The predicted molar refractivity (Wildman–Crippen MR) is 75.3 cm³/mol. The Bertz CT molecular complexity index is 792. The molecule has 1 aromatic carbocycles. The molecule has 0 fully saturated rings. The molecule has 0 amide bonds. The van der Waals surface area contributed by atoms with E-state index in [-0.39, 0.29) is 12.2 Å². The number of aromatic amines is 1. The number of hydrogen-bond acceptors (Lipinski definition) is 2. The number of hydrogen-bond donors (Lipinski definition) is 1. The lowest BCUT2D eigenvalue weighted by molar-refractivity contribution is 0.0992. The van der Waals surface area contributed by atoms with E-state index >= 15 is 0 Å². The second-order valence-electron chi connectivity index (χ2n) is 4.84. The lowest BCUT2D eigenvalue weighted by Gasteiger charge is -2.02. The van der Waals surface area contributed by atoms with Crippen LogP contribution < -0.4 is 0 Å². The van der Waals surface area contributed by atoms with E-state index in [1.165, 1.54) is 12.1 Å². The molecule has 100 valence electrons. The fourth-order valence-electron chi connectivity index (χ4n) is 2.24. The van der Waals surface area contributed by atoms with Gasteiger partial charge in [0.1, 0.15) is 11.5 Å². The van der Waals surface area contributed by atoms with Gasteiger partial charge in [-0.1, -0.05) is 12.1 Å². The van der Waals surface area contributed by atoms with Gasteiger partial charge in [-0.3, -0.25) is 4.79 Å². The minimum atomic E-state index is -0.398. The molecule has 3 rings (SSSR count). The number of H-pyrrole nitrogens is 1. The number of benzene rings is 1. The molecule has 3 aromatic rings. The van der Waals surface area contributed by atoms with E-state index in [9.17, 15) is 9.18 Å². The van der Waals surface area contributed by atoms with E-state index in [2.05, 4.69) is 9.97 Å². The molecule has 0 saturated carbocycles. The summed E-state index contributed by atoms with van der Waals surface area (Å²) in [7, 11) is 0. The monoisotopic (exact) mass is 268 g/mol. The molecule has 0 spiro atoms. The first kappa shape index (κ1) is 12.5. The van der Waals surface area contributed by atoms with Gasteiger partial charge in [0.2, 0.25) is 0 Å². The topological polar surface area (TPSA) is 45.8 Å². The largest absolute Gasteiger partial charge is 0.344 e. The van der Waals surface area contributed by atoms with Crippen LogP contribution in [0.1, 0.15) is 21.6 Å². The van der Waals surface area contributed by atoms with E-state index in [0.29, 0.717) is 5.56 Å². The fraction of sp³-hybridized carbons (Fsp3) is 0.125. The second kappa shape index (κ2) is 4.89. The van der Waals surface area contributed by atoms with Crippen molar-refractivity contribution in [3.8, 4) is 0 Å². The fourth-order valence-corrected chi connectivity index (χ4v) is 2.24. The number of halogens is 1. The number of nitrogens with zero attached hydrogens (tertiary/aromatic N) is 1. The van der Waals surface area contributed by atoms with Crippen LogP contribution in [0.15, 0.2) is 42.6 Å². The molecular weight excluding hydrogens is 255 g/mol. The number of carbonyl (C=O) groups is 1. The Hall–Kier alpha value is -2.49. The molecule has 0 saturated heterocycles. The number of nitrogens with one attached hydrogen (secondary N) is 1. The van der Waals surface area contributed by atoms with Crippen LogP contribution in [-0.2, 0) is 6.42 Å². The van der Waals surface area contributed by atoms with Gasteiger partial charge in [0, 0.05) is 29.3 Å². The van der Waals surface area contributed by atoms with Crippen molar-refractivity contribution < 1.29 is 9.18 Å². The van der Waals surface area contributed by atoms with Gasteiger partial charge in [-0.2, -0.15) is 0 Å². The molecule has 0 aliphatic heterocycles. The number of rotatable bonds is 3. The predicted octanol–water partition coefficient (Wildman–Crippen LogP) is 3.44. The highest BCUT2D eigenvalue weighted by Crippen LogP contribution is 2.16. The molecule has 0 aliphatic carbocycles. The van der Waals surface area contributed by atoms with Crippen molar-refractivity contribution in [2.45, 2.75) is 13.3 Å². The summed E-state index contributed by atoms with van der Waals surface area (Å²) in [6.07, 6.45) is 1.89. The second-order valence-corrected chi connectivity index (χ2v) is 4.84. The molecule has 20 heavy (non-hydrogen) atoms. The van der Waals surface area contributed by atoms with Gasteiger partial charge in [0.25, 0.3) is 0 Å². The average Bonchev–Trinajstić information content (AvgIpc) is 2.78. The maximum absolute atomic E-state index is 13.1. The van der Waals surface area contributed by atoms with Crippen molar-refractivity contribution in [3.63, 3.8) is 0 Å². The standard InChI is InChI=1S/C16H13FN2O/c1-10-5-13-6-11(9-18-16(13)19-10)7-15(20)12-3-2-4-14(17)8-12/h2-6,8-9H,7H2,1H3,(H,18,19). The Morgan fingerprint density at radius 2 is 2.15 bits per heavy atom. The van der Waals surface area contributed by atoms with Gasteiger partial charge in [-0.05, 0) is 36.8 Å². The first-order chi connectivity index (χ1) is 9.61. The van der Waals surface area contributed by atoms with Gasteiger partial charge >= 0.3 is 0 Å². The molecule has 0 atom stereocenters. The van der Waals surface area contributed by atoms with E-state index in [4.69, 9.17) is 0 Å². The van der Waals surface area contributed by atoms with Crippen LogP contribution in [0.4, 0.5) is 4.39 Å². The minimum absolute atomic E-state index is 0.113. The van der Waals surface area contributed by atoms with Crippen LogP contribution in [0, 0.1) is 12.7 Å². The summed E-state index contributed by atoms with van der Waals surface area (Å²) in [5.41, 5.74) is 3.05. The number of aryl methyl sites for hydroxylation is 1. The summed E-state index contributed by atoms with van der Waals surface area (Å²) in [5, 5.41) is 0.979. The number of pyridine rings is 1. The van der Waals surface area contributed by atoms with Crippen LogP contribution in [-0.4, -0.2) is 15.8 Å². The van der Waals surface area contributed by atoms with Crippen molar-refractivity contribution in [2.24, 2.45) is 0 Å². The first-order valence-electron chi connectivity index (χ1n) is 6.35. The highest BCUT2D eigenvalue weighted by atomic mass is 19.1. The molecule has 2 aromatic heterocycles. The molecular formula is C16H13FN2O. The molecule has 1 N–H and O–H groups in total. The third-order valence-corrected chi connectivity index (χ3v) is 3.17. The maximum Gasteiger partial charge on any atom is 0.167 e. The van der Waals surface area contributed by atoms with Crippen LogP contribution in [0.25, 0.3) is 11.0 Å². The Morgan fingerprint density at radius 1 is 1.30 bits per heavy atom. The third-order valence-electron chi connectivity index (χ3n) is 3.17. The van der Waals surface area contributed by atoms with Gasteiger partial charge < -0.3 is 4.98 Å². The van der Waals surface area contributed by atoms with Crippen LogP contribution in [0.3, 0.4) is 0 Å². The van der Waals surface area contributed by atoms with Crippen molar-refractivity contribution in [3.05, 3.63) is 65.2 Å². The molecule has 4 heteroatoms. The lowest BCUT2D eigenvalue weighted by Crippen LogP contribution is -2.04. The third kappa shape index (κ3) is 2.45. The summed E-state index contributed by atoms with van der Waals surface area (Å²) in [5.74, 6) is -0.511. The Kier molecular flexibility index (Phi) is 3.06. The zero-order valence-corrected chi connectivity index (χ0v) is 11.0. The van der Waals surface area contributed by atoms with Crippen molar-refractivity contribution in [2.75, 3.05) is 0 Å². The Labute approximate surface area is 115 Å². The van der Waals surface area contributed by atoms with Crippen LogP contribution in [0.2, 0.25) is 0 Å². The molecule has 0 aliphatic rings. The van der Waals surface area contributed by atoms with Gasteiger partial charge in [0.05, 0.1) is 0 Å². The number of aromatic nitrogens is 2. The zero-order chi connectivity index (χ0) is 14.1. The molecule has 0 radical (unpaired) electrons. The lowest BCUT2D eigenvalue weighted by atomic mass is 10.0. The summed E-state index contributed by atoms with van der Waals surface area (Å²) in [6, 6.07) is 9.67. The molecule has 0 bridgehead atoms. The zero-order valence-electron chi connectivity index (χ0n) is 11.0. The van der Waals surface area contributed by atoms with E-state index in [1.54, 1.807) is 18.3 Å². The summed E-state index contributed by atoms with van der Waals surface area (Å²) < 4.78 is 13.1. The van der Waals surface area contributed by atoms with Gasteiger partial charge in [-0.25, -0.2) is 9.37 Å². The van der Waals surface area contributed by atoms with E-state index < -0.39 is 5.82 Å². The van der Waals surface area contributed by atoms with Gasteiger partial charge in [-0.15, -0.1) is 0 Å². The molecule has 3 nitrogen and oxygen atoms in total. The van der Waals surface area contributed by atoms with E-state index in [1.807, 2.05) is 19.1 Å². The first-order valence-corrected chi connectivity index (χ1v) is 6.35. The number of fused-ring (bicyclic) bond motifs is 1. The van der Waals surface area contributed by atoms with Crippen molar-refractivity contribution >= 4 is 16.8 Å². The normalized spacial score (nSPS) is 10.9. The molecule has 0 unspecified atom stereocenters. The summed E-state index contributed by atoms with van der Waals surface area (Å²) in [4.78, 5) is 19.5. The summed E-state index contributed by atoms with van der Waals surface area (Å²) >= 11 is 0. The number of ketones is 1. The minimum Gasteiger partial charge on any atom is -0.344 e. The molecule has 2 heterocycles. The van der Waals surface area contributed by atoms with Crippen molar-refractivity contribution in [1.82, 2.24) is 9.97 Å². The number of Topliss-reactive ketones (excluding diaryl/α,β-unsaturated/α-hetero) is 1. The van der Waals surface area contributed by atoms with Crippen LogP contribution >= 0.6 is 0 Å². The quantitative estimate of drug-likeness (QED) is 0.740. The maximum atomic E-state index is 13.1. The average molecular weight is 268 g/mol. The Morgan fingerprint density at radius 3 is 2.95 bits per heavy atom. The Balaban J connectivity index is 1.87. The SMILES string of the molecule is Cc1cc2cc(CC(=O)c3cccc(F)c3)cnc2[nH]1. The van der Waals surface area contributed by atoms with E-state index in [0.717, 1.165) is 22.3 Å². The highest BCUT2D eigenvalue weighted by molar-refractivity contribution is 5.97. The van der Waals surface area contributed by atoms with Crippen molar-refractivity contribution in [1.29, 1.82) is 0 Å². The van der Waals surface area contributed by atoms with Gasteiger partial charge in [0.15, 0.2) is 5.78 Å². The highest BCUT2D eigenvalue weighted by Gasteiger charge is 2.09. The van der Waals surface area contributed by atoms with Crippen LogP contribution in [0.5, 0.6) is 0 Å². The smallest absolute Gasteiger partial charge is 0.167 e. The number of carbonyl (C=O) groups excluding carboxylic acids is 1. The summed E-state index contributed by atoms with van der Waals surface area (Å²) in [6.45, 7) is 1.96.